The quantitative estimate of drug-likeness (QED) is 0.628. The highest BCUT2D eigenvalue weighted by molar-refractivity contribution is 5.93. The third-order valence-corrected chi connectivity index (χ3v) is 3.14. The maximum Gasteiger partial charge on any atom is 0.339 e. The van der Waals surface area contributed by atoms with Crippen molar-refractivity contribution in [3.05, 3.63) is 30.4 Å². The van der Waals surface area contributed by atoms with E-state index in [1.165, 1.54) is 32.2 Å². The van der Waals surface area contributed by atoms with Gasteiger partial charge in [0.15, 0.2) is 17.6 Å². The third-order valence-electron chi connectivity index (χ3n) is 3.14. The van der Waals surface area contributed by atoms with Crippen molar-refractivity contribution in [1.29, 1.82) is 0 Å². The first-order valence-corrected chi connectivity index (χ1v) is 7.14. The molecular formula is C16H19NO6. The second-order valence-electron chi connectivity index (χ2n) is 4.78. The number of benzene rings is 1. The monoisotopic (exact) mass is 321 g/mol. The van der Waals surface area contributed by atoms with Gasteiger partial charge in [-0.3, -0.25) is 4.79 Å². The van der Waals surface area contributed by atoms with Crippen LogP contribution in [0.15, 0.2) is 24.8 Å². The maximum atomic E-state index is 12.2. The molecule has 0 fully saturated rings. The van der Waals surface area contributed by atoms with Crippen LogP contribution in [0.4, 0.5) is 0 Å². The van der Waals surface area contributed by atoms with Crippen LogP contribution in [0.2, 0.25) is 0 Å². The fraction of sp³-hybridized carbons (Fsp3) is 0.375. The van der Waals surface area contributed by atoms with Crippen LogP contribution in [0.5, 0.6) is 17.2 Å². The molecule has 0 aliphatic carbocycles. The van der Waals surface area contributed by atoms with Crippen LogP contribution >= 0.6 is 0 Å². The number of nitrogens with one attached hydrogen (secondary N) is 1. The van der Waals surface area contributed by atoms with E-state index in [0.717, 1.165) is 0 Å². The summed E-state index contributed by atoms with van der Waals surface area (Å²) >= 11 is 0. The van der Waals surface area contributed by atoms with Gasteiger partial charge in [-0.05, 0) is 19.1 Å². The standard InChI is InChI=1S/C16H19NO6/c1-4-5-17-15(18)10(2)23-16(19)11-8-12(20-3)14-13(9-11)21-6-7-22-14/h4,8-10H,1,5-7H2,2-3H3,(H,17,18)/t10-/m0/s1. The number of amides is 1. The van der Waals surface area contributed by atoms with Crippen LogP contribution in [-0.4, -0.2) is 44.8 Å². The summed E-state index contributed by atoms with van der Waals surface area (Å²) in [6, 6.07) is 3.00. The lowest BCUT2D eigenvalue weighted by Gasteiger charge is -2.21. The number of carbonyl (C=O) groups excluding carboxylic acids is 2. The van der Waals surface area contributed by atoms with Gasteiger partial charge in [-0.2, -0.15) is 0 Å². The molecule has 0 saturated carbocycles. The van der Waals surface area contributed by atoms with Gasteiger partial charge in [0.1, 0.15) is 13.2 Å². The van der Waals surface area contributed by atoms with Gasteiger partial charge in [-0.25, -0.2) is 4.79 Å². The van der Waals surface area contributed by atoms with Crippen molar-refractivity contribution in [1.82, 2.24) is 5.32 Å². The zero-order valence-corrected chi connectivity index (χ0v) is 13.1. The number of rotatable bonds is 6. The van der Waals surface area contributed by atoms with E-state index in [1.54, 1.807) is 0 Å². The lowest BCUT2D eigenvalue weighted by Crippen LogP contribution is -2.35. The molecule has 1 aliphatic heterocycles. The average molecular weight is 321 g/mol. The minimum absolute atomic E-state index is 0.217. The van der Waals surface area contributed by atoms with E-state index in [1.807, 2.05) is 0 Å². The Morgan fingerprint density at radius 3 is 2.83 bits per heavy atom. The molecule has 0 unspecified atom stereocenters. The molecule has 2 rings (SSSR count). The number of esters is 1. The average Bonchev–Trinajstić information content (AvgIpc) is 2.58. The van der Waals surface area contributed by atoms with E-state index in [2.05, 4.69) is 11.9 Å². The van der Waals surface area contributed by atoms with Crippen LogP contribution in [0, 0.1) is 0 Å². The van der Waals surface area contributed by atoms with Gasteiger partial charge in [0.2, 0.25) is 5.75 Å². The maximum absolute atomic E-state index is 12.2. The minimum atomic E-state index is -0.929. The van der Waals surface area contributed by atoms with Gasteiger partial charge in [0.25, 0.3) is 5.91 Å². The first-order chi connectivity index (χ1) is 11.1. The van der Waals surface area contributed by atoms with Crippen LogP contribution in [0.25, 0.3) is 0 Å². The molecular weight excluding hydrogens is 302 g/mol. The Labute approximate surface area is 134 Å². The Bertz CT molecular complexity index is 596. The van der Waals surface area contributed by atoms with Crippen molar-refractivity contribution in [2.24, 2.45) is 0 Å². The number of hydrogen-bond donors (Lipinski definition) is 1. The zero-order chi connectivity index (χ0) is 16.8. The number of methoxy groups -OCH3 is 1. The molecule has 1 amide bonds. The van der Waals surface area contributed by atoms with Crippen LogP contribution in [0.3, 0.4) is 0 Å². The lowest BCUT2D eigenvalue weighted by atomic mass is 10.1. The summed E-state index contributed by atoms with van der Waals surface area (Å²) in [5, 5.41) is 2.56. The predicted molar refractivity (Wildman–Crippen MR) is 82.1 cm³/mol. The van der Waals surface area contributed by atoms with Crippen molar-refractivity contribution < 1.29 is 28.5 Å². The normalized spacial score (nSPS) is 13.7. The Morgan fingerprint density at radius 2 is 2.13 bits per heavy atom. The molecule has 0 bridgehead atoms. The molecule has 1 heterocycles. The summed E-state index contributed by atoms with van der Waals surface area (Å²) in [4.78, 5) is 23.9. The molecule has 124 valence electrons. The first kappa shape index (κ1) is 16.7. The number of ether oxygens (including phenoxy) is 4. The molecule has 1 aliphatic rings. The molecule has 7 nitrogen and oxygen atoms in total. The van der Waals surface area contributed by atoms with Gasteiger partial charge in [-0.1, -0.05) is 6.08 Å². The zero-order valence-electron chi connectivity index (χ0n) is 13.1. The number of fused-ring (bicyclic) bond motifs is 1. The molecule has 0 radical (unpaired) electrons. The molecule has 7 heteroatoms. The number of carbonyl (C=O) groups is 2. The van der Waals surface area contributed by atoms with E-state index < -0.39 is 18.0 Å². The van der Waals surface area contributed by atoms with E-state index >= 15 is 0 Å². The molecule has 1 N–H and O–H groups in total. The Hall–Kier alpha value is -2.70. The van der Waals surface area contributed by atoms with Gasteiger partial charge in [-0.15, -0.1) is 6.58 Å². The molecule has 23 heavy (non-hydrogen) atoms. The molecule has 1 atom stereocenters. The topological polar surface area (TPSA) is 83.1 Å². The summed E-state index contributed by atoms with van der Waals surface area (Å²) in [5.74, 6) is 0.181. The highest BCUT2D eigenvalue weighted by Gasteiger charge is 2.24. The van der Waals surface area contributed by atoms with Crippen LogP contribution in [-0.2, 0) is 9.53 Å². The Morgan fingerprint density at radius 1 is 1.39 bits per heavy atom. The highest BCUT2D eigenvalue weighted by atomic mass is 16.6. The van der Waals surface area contributed by atoms with E-state index in [-0.39, 0.29) is 5.56 Å². The third kappa shape index (κ3) is 3.94. The van der Waals surface area contributed by atoms with Crippen LogP contribution < -0.4 is 19.5 Å². The van der Waals surface area contributed by atoms with Gasteiger partial charge in [0, 0.05) is 6.54 Å². The molecule has 0 saturated heterocycles. The summed E-state index contributed by atoms with van der Waals surface area (Å²) in [7, 11) is 1.47. The fourth-order valence-corrected chi connectivity index (χ4v) is 1.99. The smallest absolute Gasteiger partial charge is 0.339 e. The summed E-state index contributed by atoms with van der Waals surface area (Å²) in [5.41, 5.74) is 0.217. The van der Waals surface area contributed by atoms with Crippen molar-refractivity contribution in [3.8, 4) is 17.2 Å². The summed E-state index contributed by atoms with van der Waals surface area (Å²) in [6.07, 6.45) is 0.611. The first-order valence-electron chi connectivity index (χ1n) is 7.14. The minimum Gasteiger partial charge on any atom is -0.493 e. The second kappa shape index (κ2) is 7.53. The SMILES string of the molecule is C=CCNC(=O)[C@H](C)OC(=O)c1cc(OC)c2c(c1)OCCO2. The van der Waals surface area contributed by atoms with Gasteiger partial charge in [0.05, 0.1) is 12.7 Å². The van der Waals surface area contributed by atoms with Crippen LogP contribution in [0.1, 0.15) is 17.3 Å². The molecule has 1 aromatic rings. The van der Waals surface area contributed by atoms with Crippen molar-refractivity contribution >= 4 is 11.9 Å². The summed E-state index contributed by atoms with van der Waals surface area (Å²) < 4.78 is 21.3. The van der Waals surface area contributed by atoms with E-state index in [9.17, 15) is 9.59 Å². The van der Waals surface area contributed by atoms with Gasteiger partial charge >= 0.3 is 5.97 Å². The van der Waals surface area contributed by atoms with Crippen molar-refractivity contribution in [3.63, 3.8) is 0 Å². The second-order valence-corrected chi connectivity index (χ2v) is 4.78. The Kier molecular flexibility index (Phi) is 5.46. The van der Waals surface area contributed by atoms with Gasteiger partial charge < -0.3 is 24.3 Å². The molecule has 0 spiro atoms. The van der Waals surface area contributed by atoms with Crippen molar-refractivity contribution in [2.45, 2.75) is 13.0 Å². The molecule has 0 aromatic heterocycles. The largest absolute Gasteiger partial charge is 0.493 e. The lowest BCUT2D eigenvalue weighted by molar-refractivity contribution is -0.128. The number of hydrogen-bond acceptors (Lipinski definition) is 6. The predicted octanol–water partition coefficient (Wildman–Crippen LogP) is 1.31. The van der Waals surface area contributed by atoms with E-state index in [4.69, 9.17) is 18.9 Å². The molecule has 1 aromatic carbocycles. The highest BCUT2D eigenvalue weighted by Crippen LogP contribution is 2.40. The Balaban J connectivity index is 2.13. The summed E-state index contributed by atoms with van der Waals surface area (Å²) in [6.45, 7) is 6.09. The van der Waals surface area contributed by atoms with Crippen molar-refractivity contribution in [2.75, 3.05) is 26.9 Å². The fourth-order valence-electron chi connectivity index (χ4n) is 1.99. The van der Waals surface area contributed by atoms with E-state index in [0.29, 0.717) is 37.0 Å².